The number of nitrogens with zero attached hydrogens (tertiary/aromatic N) is 1. The topological polar surface area (TPSA) is 122 Å². The van der Waals surface area contributed by atoms with Crippen LogP contribution in [-0.4, -0.2) is 37.0 Å². The minimum Gasteiger partial charge on any atom is -0.347 e. The lowest BCUT2D eigenvalue weighted by Crippen LogP contribution is -2.40. The fourth-order valence-electron chi connectivity index (χ4n) is 5.45. The minimum absolute atomic E-state index is 0.0116. The number of rotatable bonds is 7. The van der Waals surface area contributed by atoms with Crippen LogP contribution in [0.1, 0.15) is 87.6 Å². The highest BCUT2D eigenvalue weighted by molar-refractivity contribution is 7.89. The molecule has 0 aliphatic heterocycles. The zero-order valence-electron chi connectivity index (χ0n) is 23.8. The number of hydrogen-bond acceptors (Lipinski definition) is 7. The number of sulfonamides is 1. The van der Waals surface area contributed by atoms with Gasteiger partial charge in [-0.15, -0.1) is 11.3 Å². The molecule has 2 aliphatic carbocycles. The maximum absolute atomic E-state index is 16.2. The first-order valence-electron chi connectivity index (χ1n) is 14.0. The van der Waals surface area contributed by atoms with Crippen molar-refractivity contribution in [1.82, 2.24) is 15.0 Å². The van der Waals surface area contributed by atoms with E-state index in [1.807, 2.05) is 0 Å². The molecule has 8 nitrogen and oxygen atoms in total. The Morgan fingerprint density at radius 3 is 2.14 bits per heavy atom. The molecule has 2 aliphatic rings. The first-order chi connectivity index (χ1) is 19.8. The van der Waals surface area contributed by atoms with Crippen LogP contribution in [0, 0.1) is 5.92 Å². The van der Waals surface area contributed by atoms with Crippen molar-refractivity contribution in [1.29, 1.82) is 0 Å². The Morgan fingerprint density at radius 2 is 1.57 bits per heavy atom. The van der Waals surface area contributed by atoms with E-state index < -0.39 is 33.3 Å². The number of fused-ring (bicyclic) bond motifs is 1. The van der Waals surface area contributed by atoms with E-state index in [1.54, 1.807) is 51.1 Å². The lowest BCUT2D eigenvalue weighted by Gasteiger charge is -2.29. The van der Waals surface area contributed by atoms with Crippen LogP contribution in [0.25, 0.3) is 21.2 Å². The highest BCUT2D eigenvalue weighted by Gasteiger charge is 2.46. The van der Waals surface area contributed by atoms with Crippen LogP contribution >= 0.6 is 11.3 Å². The molecular formula is C30H35F2N3O5S2. The van der Waals surface area contributed by atoms with Crippen LogP contribution in [0.5, 0.6) is 0 Å². The summed E-state index contributed by atoms with van der Waals surface area (Å²) in [5.41, 5.74) is -0.633. The lowest BCUT2D eigenvalue weighted by molar-refractivity contribution is -0.191. The molecule has 1 amide bonds. The maximum atomic E-state index is 16.2. The van der Waals surface area contributed by atoms with E-state index >= 15 is 8.78 Å². The number of thiazole rings is 1. The van der Waals surface area contributed by atoms with Gasteiger partial charge in [0.05, 0.1) is 9.77 Å². The van der Waals surface area contributed by atoms with E-state index in [1.165, 1.54) is 6.07 Å². The summed E-state index contributed by atoms with van der Waals surface area (Å²) in [5.74, 6) is -4.51. The number of aromatic nitrogens is 1. The molecule has 0 spiro atoms. The van der Waals surface area contributed by atoms with E-state index in [0.717, 1.165) is 49.9 Å². The van der Waals surface area contributed by atoms with Gasteiger partial charge in [-0.05, 0) is 64.3 Å². The van der Waals surface area contributed by atoms with Gasteiger partial charge < -0.3 is 5.32 Å². The zero-order chi connectivity index (χ0) is 30.7. The Balaban J connectivity index is 0.00000129. The Kier molecular flexibility index (Phi) is 9.62. The van der Waals surface area contributed by atoms with Gasteiger partial charge in [-0.2, -0.15) is 18.4 Å². The molecule has 0 unspecified atom stereocenters. The van der Waals surface area contributed by atoms with Gasteiger partial charge in [0.25, 0.3) is 11.8 Å². The Hall–Kier alpha value is -3.05. The van der Waals surface area contributed by atoms with Crippen LogP contribution in [0.4, 0.5) is 8.78 Å². The van der Waals surface area contributed by atoms with E-state index in [9.17, 15) is 13.2 Å². The highest BCUT2D eigenvalue weighted by atomic mass is 32.2. The number of amides is 1. The molecule has 2 saturated carbocycles. The molecule has 1 aromatic heterocycles. The van der Waals surface area contributed by atoms with Crippen molar-refractivity contribution < 1.29 is 31.6 Å². The lowest BCUT2D eigenvalue weighted by atomic mass is 9.82. The molecule has 42 heavy (non-hydrogen) atoms. The van der Waals surface area contributed by atoms with Crippen LogP contribution in [0.2, 0.25) is 0 Å². The quantitative estimate of drug-likeness (QED) is 0.315. The third-order valence-electron chi connectivity index (χ3n) is 7.55. The van der Waals surface area contributed by atoms with Gasteiger partial charge in [-0.25, -0.2) is 18.1 Å². The fourth-order valence-corrected chi connectivity index (χ4v) is 8.12. The summed E-state index contributed by atoms with van der Waals surface area (Å²) >= 11 is 0.958. The standard InChI is InChI=1S/C29H35F2N3O3S2.CO2/c1-28(2,3)34-39(36,37)23-17-16-22(20-14-7-8-15-21(20)23)24-25(29(30,31)18-10-5-4-6-11-18)33-27(38-24)26(35)32-19-12-9-13-19;2-1-3/h7-8,14-19,34H,4-6,9-13H2,1-3H3,(H,32,35);. The molecular weight excluding hydrogens is 584 g/mol. The Labute approximate surface area is 248 Å². The minimum atomic E-state index is -3.89. The van der Waals surface area contributed by atoms with Crippen LogP contribution in [0.3, 0.4) is 0 Å². The number of halogens is 2. The average molecular weight is 620 g/mol. The summed E-state index contributed by atoms with van der Waals surface area (Å²) in [7, 11) is -3.89. The van der Waals surface area contributed by atoms with Gasteiger partial charge in [-0.1, -0.05) is 49.6 Å². The zero-order valence-corrected chi connectivity index (χ0v) is 25.5. The van der Waals surface area contributed by atoms with Crippen molar-refractivity contribution >= 4 is 44.2 Å². The Morgan fingerprint density at radius 1 is 0.952 bits per heavy atom. The van der Waals surface area contributed by atoms with E-state index in [4.69, 9.17) is 9.59 Å². The molecule has 1 heterocycles. The van der Waals surface area contributed by atoms with Crippen molar-refractivity contribution in [2.75, 3.05) is 0 Å². The second-order valence-electron chi connectivity index (χ2n) is 11.9. The van der Waals surface area contributed by atoms with Gasteiger partial charge in [0, 0.05) is 28.4 Å². The number of hydrogen-bond donors (Lipinski definition) is 2. The first-order valence-corrected chi connectivity index (χ1v) is 16.3. The van der Waals surface area contributed by atoms with Crippen LogP contribution in [-0.2, 0) is 25.5 Å². The first kappa shape index (κ1) is 31.9. The number of nitrogens with one attached hydrogen (secondary N) is 2. The van der Waals surface area contributed by atoms with E-state index in [2.05, 4.69) is 15.0 Å². The predicted molar refractivity (Wildman–Crippen MR) is 156 cm³/mol. The maximum Gasteiger partial charge on any atom is 0.373 e. The third kappa shape index (κ3) is 6.94. The largest absolute Gasteiger partial charge is 0.373 e. The van der Waals surface area contributed by atoms with Gasteiger partial charge in [0.2, 0.25) is 10.0 Å². The highest BCUT2D eigenvalue weighted by Crippen LogP contribution is 2.49. The molecule has 0 atom stereocenters. The molecule has 0 saturated heterocycles. The van der Waals surface area contributed by atoms with Crippen molar-refractivity contribution in [2.45, 2.75) is 94.5 Å². The average Bonchev–Trinajstić information content (AvgIpc) is 3.36. The summed E-state index contributed by atoms with van der Waals surface area (Å²) < 4.78 is 61.6. The fraction of sp³-hybridized carbons (Fsp3) is 0.500. The van der Waals surface area contributed by atoms with Gasteiger partial charge >= 0.3 is 6.15 Å². The summed E-state index contributed by atoms with van der Waals surface area (Å²) in [4.78, 5) is 33.9. The molecule has 0 bridgehead atoms. The van der Waals surface area contributed by atoms with Crippen LogP contribution in [0.15, 0.2) is 41.3 Å². The second-order valence-corrected chi connectivity index (χ2v) is 14.5. The normalized spacial score (nSPS) is 16.7. The van der Waals surface area contributed by atoms with Crippen molar-refractivity contribution in [3.8, 4) is 10.4 Å². The summed E-state index contributed by atoms with van der Waals surface area (Å²) in [6.45, 7) is 5.27. The molecule has 0 radical (unpaired) electrons. The van der Waals surface area contributed by atoms with Gasteiger partial charge in [0.1, 0.15) is 5.69 Å². The number of carbonyl (C=O) groups is 1. The molecule has 2 aromatic carbocycles. The Bertz CT molecular complexity index is 1580. The predicted octanol–water partition coefficient (Wildman–Crippen LogP) is 6.41. The summed E-state index contributed by atoms with van der Waals surface area (Å²) in [5, 5.41) is 3.87. The van der Waals surface area contributed by atoms with E-state index in [0.29, 0.717) is 29.2 Å². The van der Waals surface area contributed by atoms with Crippen molar-refractivity contribution in [3.05, 3.63) is 47.1 Å². The number of alkyl halides is 2. The molecule has 226 valence electrons. The monoisotopic (exact) mass is 619 g/mol. The second kappa shape index (κ2) is 12.7. The summed E-state index contributed by atoms with van der Waals surface area (Å²) in [6, 6.07) is 9.97. The third-order valence-corrected chi connectivity index (χ3v) is 10.5. The molecule has 5 rings (SSSR count). The van der Waals surface area contributed by atoms with Crippen molar-refractivity contribution in [3.63, 3.8) is 0 Å². The van der Waals surface area contributed by atoms with Gasteiger partial charge in [-0.3, -0.25) is 4.79 Å². The SMILES string of the molecule is CC(C)(C)NS(=O)(=O)c1ccc(-c2sc(C(=O)NC3CCC3)nc2C(F)(F)C2CCCCC2)c2ccccc12.O=C=O. The van der Waals surface area contributed by atoms with E-state index in [-0.39, 0.29) is 32.7 Å². The molecule has 3 aromatic rings. The summed E-state index contributed by atoms with van der Waals surface area (Å²) in [6.07, 6.45) is 6.26. The van der Waals surface area contributed by atoms with Gasteiger partial charge in [0.15, 0.2) is 5.01 Å². The number of carbonyl (C=O) groups excluding carboxylic acids is 3. The molecule has 2 fully saturated rings. The van der Waals surface area contributed by atoms with Crippen molar-refractivity contribution in [2.24, 2.45) is 5.92 Å². The smallest absolute Gasteiger partial charge is 0.347 e. The number of benzene rings is 2. The molecule has 2 N–H and O–H groups in total. The molecule has 12 heteroatoms. The van der Waals surface area contributed by atoms with Crippen LogP contribution < -0.4 is 10.0 Å².